The monoisotopic (exact) mass is 379 g/mol. The molecule has 9 nitrogen and oxygen atoms in total. The number of anilines is 3. The van der Waals surface area contributed by atoms with Gasteiger partial charge in [-0.2, -0.15) is 13.2 Å². The summed E-state index contributed by atoms with van der Waals surface area (Å²) < 4.78 is 47.1. The standard InChI is InChI=1S/C14H21F3N6O3/c1-7(2)25-13-20-10(22-19-3)9(18)11(21-13)23-5-4-8(6-23)26-12(24)14(15,16)17/h7-8,19H,4-6,18H2,1-3H3,(H,20,21,22)/p+1/t8-/m0/s1. The third-order valence-electron chi connectivity index (χ3n) is 3.51. The summed E-state index contributed by atoms with van der Waals surface area (Å²) in [6, 6.07) is 0.192. The molecule has 0 radical (unpaired) electrons. The number of nitrogens with zero attached hydrogens (tertiary/aromatic N) is 2. The number of esters is 1. The van der Waals surface area contributed by atoms with Crippen LogP contribution in [0.25, 0.3) is 0 Å². The van der Waals surface area contributed by atoms with Gasteiger partial charge in [0, 0.05) is 13.5 Å². The van der Waals surface area contributed by atoms with Crippen LogP contribution in [-0.2, 0) is 9.53 Å². The number of carbonyl (C=O) groups is 1. The number of ether oxygens (including phenoxy) is 2. The zero-order valence-electron chi connectivity index (χ0n) is 14.6. The Hall–Kier alpha value is -2.50. The van der Waals surface area contributed by atoms with E-state index >= 15 is 0 Å². The van der Waals surface area contributed by atoms with Crippen molar-refractivity contribution in [3.8, 4) is 6.01 Å². The van der Waals surface area contributed by atoms with Crippen molar-refractivity contribution in [2.45, 2.75) is 38.7 Å². The van der Waals surface area contributed by atoms with Crippen LogP contribution in [0.3, 0.4) is 0 Å². The molecule has 5 N–H and O–H groups in total. The number of H-pyrrole nitrogens is 1. The summed E-state index contributed by atoms with van der Waals surface area (Å²) in [7, 11) is 1.63. The minimum Gasteiger partial charge on any atom is -0.452 e. The molecule has 0 spiro atoms. The third-order valence-corrected chi connectivity index (χ3v) is 3.51. The molecule has 12 heteroatoms. The van der Waals surface area contributed by atoms with Crippen molar-refractivity contribution in [2.24, 2.45) is 0 Å². The first-order valence-corrected chi connectivity index (χ1v) is 7.96. The van der Waals surface area contributed by atoms with Gasteiger partial charge in [-0.25, -0.2) is 15.2 Å². The average Bonchev–Trinajstić information content (AvgIpc) is 2.97. The van der Waals surface area contributed by atoms with Gasteiger partial charge in [-0.1, -0.05) is 0 Å². The van der Waals surface area contributed by atoms with Crippen molar-refractivity contribution in [1.82, 2.24) is 10.4 Å². The summed E-state index contributed by atoms with van der Waals surface area (Å²) in [4.78, 5) is 19.8. The molecule has 0 amide bonds. The molecule has 2 rings (SSSR count). The van der Waals surface area contributed by atoms with E-state index in [2.05, 4.69) is 25.6 Å². The number of nitrogens with two attached hydrogens (primary N) is 1. The topological polar surface area (TPSA) is 116 Å². The van der Waals surface area contributed by atoms with Crippen molar-refractivity contribution >= 4 is 23.3 Å². The van der Waals surface area contributed by atoms with Crippen LogP contribution in [-0.4, -0.2) is 49.5 Å². The fourth-order valence-electron chi connectivity index (χ4n) is 2.46. The SMILES string of the molecule is CNNc1nc(OC(C)C)[nH+]c(N2CC[C@H](OC(=O)C(F)(F)F)C2)c1N. The fourth-order valence-corrected chi connectivity index (χ4v) is 2.46. The van der Waals surface area contributed by atoms with E-state index in [1.54, 1.807) is 11.9 Å². The molecular weight excluding hydrogens is 357 g/mol. The number of hydrogen-bond donors (Lipinski definition) is 3. The molecule has 26 heavy (non-hydrogen) atoms. The molecule has 2 heterocycles. The van der Waals surface area contributed by atoms with Gasteiger partial charge in [0.15, 0.2) is 5.69 Å². The maximum Gasteiger partial charge on any atom is 0.490 e. The summed E-state index contributed by atoms with van der Waals surface area (Å²) in [5, 5.41) is 0. The smallest absolute Gasteiger partial charge is 0.452 e. The Morgan fingerprint density at radius 2 is 2.15 bits per heavy atom. The first kappa shape index (κ1) is 19.8. The molecule has 1 atom stereocenters. The lowest BCUT2D eigenvalue weighted by molar-refractivity contribution is -0.387. The van der Waals surface area contributed by atoms with Gasteiger partial charge in [-0.3, -0.25) is 10.3 Å². The average molecular weight is 379 g/mol. The largest absolute Gasteiger partial charge is 0.490 e. The Morgan fingerprint density at radius 1 is 1.46 bits per heavy atom. The molecule has 1 fully saturated rings. The number of alkyl halides is 3. The highest BCUT2D eigenvalue weighted by Crippen LogP contribution is 2.30. The second kappa shape index (κ2) is 7.81. The van der Waals surface area contributed by atoms with Crippen LogP contribution in [0, 0.1) is 0 Å². The molecule has 0 bridgehead atoms. The van der Waals surface area contributed by atoms with Gasteiger partial charge in [0.2, 0.25) is 0 Å². The molecule has 1 aliphatic heterocycles. The molecule has 1 saturated heterocycles. The number of halogens is 3. The van der Waals surface area contributed by atoms with E-state index < -0.39 is 18.2 Å². The molecule has 1 aromatic heterocycles. The number of rotatable bonds is 6. The summed E-state index contributed by atoms with van der Waals surface area (Å²) in [6.07, 6.45) is -5.82. The van der Waals surface area contributed by atoms with Crippen LogP contribution in [0.5, 0.6) is 6.01 Å². The van der Waals surface area contributed by atoms with Crippen molar-refractivity contribution in [3.63, 3.8) is 0 Å². The van der Waals surface area contributed by atoms with Gasteiger partial charge in [-0.15, -0.1) is 0 Å². The number of nitrogens with one attached hydrogen (secondary N) is 3. The van der Waals surface area contributed by atoms with Crippen LogP contribution in [0.2, 0.25) is 0 Å². The second-order valence-electron chi connectivity index (χ2n) is 5.95. The Labute approximate surface area is 148 Å². The van der Waals surface area contributed by atoms with Crippen molar-refractivity contribution in [3.05, 3.63) is 0 Å². The normalized spacial score (nSPS) is 17.5. The van der Waals surface area contributed by atoms with Crippen LogP contribution in [0.1, 0.15) is 20.3 Å². The van der Waals surface area contributed by atoms with Gasteiger partial charge >= 0.3 is 18.2 Å². The minimum absolute atomic E-state index is 0.0621. The van der Waals surface area contributed by atoms with Gasteiger partial charge in [0.05, 0.1) is 12.6 Å². The zero-order chi connectivity index (χ0) is 19.5. The number of hydrogen-bond acceptors (Lipinski definition) is 8. The summed E-state index contributed by atoms with van der Waals surface area (Å²) in [5.74, 6) is -1.48. The van der Waals surface area contributed by atoms with Gasteiger partial charge in [0.25, 0.3) is 11.6 Å². The maximum atomic E-state index is 12.3. The van der Waals surface area contributed by atoms with E-state index in [1.165, 1.54) is 0 Å². The predicted molar refractivity (Wildman–Crippen MR) is 86.4 cm³/mol. The third kappa shape index (κ3) is 4.77. The highest BCUT2D eigenvalue weighted by molar-refractivity contribution is 5.76. The first-order valence-electron chi connectivity index (χ1n) is 7.96. The molecular formula is C14H22F3N6O3+. The predicted octanol–water partition coefficient (Wildman–Crippen LogP) is 0.496. The summed E-state index contributed by atoms with van der Waals surface area (Å²) >= 11 is 0. The van der Waals surface area contributed by atoms with E-state index in [4.69, 9.17) is 10.5 Å². The summed E-state index contributed by atoms with van der Waals surface area (Å²) in [5.41, 5.74) is 11.8. The van der Waals surface area contributed by atoms with Crippen molar-refractivity contribution < 1.29 is 32.4 Å². The van der Waals surface area contributed by atoms with E-state index in [-0.39, 0.29) is 30.8 Å². The quantitative estimate of drug-likeness (QED) is 0.483. The number of nitrogen functional groups attached to an aromatic ring is 1. The Morgan fingerprint density at radius 3 is 2.73 bits per heavy atom. The molecule has 0 aliphatic carbocycles. The van der Waals surface area contributed by atoms with E-state index in [0.29, 0.717) is 18.2 Å². The Balaban J connectivity index is 2.19. The Bertz CT molecular complexity index is 656. The van der Waals surface area contributed by atoms with E-state index in [0.717, 1.165) is 0 Å². The molecule has 146 valence electrons. The second-order valence-corrected chi connectivity index (χ2v) is 5.95. The lowest BCUT2D eigenvalue weighted by Crippen LogP contribution is -2.34. The molecule has 1 aromatic rings. The van der Waals surface area contributed by atoms with Crippen LogP contribution in [0.15, 0.2) is 0 Å². The van der Waals surface area contributed by atoms with E-state index in [1.807, 2.05) is 13.8 Å². The van der Waals surface area contributed by atoms with Gasteiger partial charge in [-0.05, 0) is 18.8 Å². The lowest BCUT2D eigenvalue weighted by Gasteiger charge is -2.17. The van der Waals surface area contributed by atoms with Gasteiger partial charge in [0.1, 0.15) is 12.6 Å². The molecule has 0 unspecified atom stereocenters. The van der Waals surface area contributed by atoms with Crippen LogP contribution in [0.4, 0.5) is 30.5 Å². The van der Waals surface area contributed by atoms with Crippen molar-refractivity contribution in [2.75, 3.05) is 36.2 Å². The van der Waals surface area contributed by atoms with Crippen LogP contribution >= 0.6 is 0 Å². The van der Waals surface area contributed by atoms with E-state index in [9.17, 15) is 18.0 Å². The maximum absolute atomic E-state index is 12.3. The highest BCUT2D eigenvalue weighted by atomic mass is 19.4. The number of carbonyl (C=O) groups excluding carboxylic acids is 1. The molecule has 0 saturated carbocycles. The fraction of sp³-hybridized carbons (Fsp3) is 0.643. The Kier molecular flexibility index (Phi) is 5.95. The minimum atomic E-state index is -5.02. The van der Waals surface area contributed by atoms with Crippen LogP contribution < -0.4 is 31.2 Å². The molecule has 1 aliphatic rings. The highest BCUT2D eigenvalue weighted by Gasteiger charge is 2.44. The first-order chi connectivity index (χ1) is 12.1. The molecule has 0 aromatic carbocycles. The van der Waals surface area contributed by atoms with Gasteiger partial charge < -0.3 is 15.2 Å². The summed E-state index contributed by atoms with van der Waals surface area (Å²) in [6.45, 7) is 4.05. The lowest BCUT2D eigenvalue weighted by atomic mass is 10.3. The zero-order valence-corrected chi connectivity index (χ0v) is 14.6. The number of hydrazine groups is 1. The number of aromatic amines is 1. The number of aromatic nitrogens is 2. The van der Waals surface area contributed by atoms with Crippen molar-refractivity contribution in [1.29, 1.82) is 0 Å².